The highest BCUT2D eigenvalue weighted by molar-refractivity contribution is 5.96. The molecule has 30 heavy (non-hydrogen) atoms. The summed E-state index contributed by atoms with van der Waals surface area (Å²) in [5.41, 5.74) is 7.35. The summed E-state index contributed by atoms with van der Waals surface area (Å²) in [6.45, 7) is 1.49. The van der Waals surface area contributed by atoms with Crippen molar-refractivity contribution in [2.75, 3.05) is 31.6 Å². The number of hydrogen-bond donors (Lipinski definition) is 1. The Labute approximate surface area is 178 Å². The van der Waals surface area contributed by atoms with Crippen LogP contribution in [0.1, 0.15) is 31.2 Å². The molecular formula is C24H31N3O3. The molecule has 1 aliphatic rings. The van der Waals surface area contributed by atoms with Gasteiger partial charge in [0.2, 0.25) is 11.8 Å². The van der Waals surface area contributed by atoms with Crippen molar-refractivity contribution in [1.29, 1.82) is 0 Å². The van der Waals surface area contributed by atoms with Crippen LogP contribution in [0.25, 0.3) is 0 Å². The average molecular weight is 410 g/mol. The Kier molecular flexibility index (Phi) is 7.85. The van der Waals surface area contributed by atoms with Crippen LogP contribution >= 0.6 is 0 Å². The highest BCUT2D eigenvalue weighted by Gasteiger charge is 2.29. The maximum Gasteiger partial charge on any atom is 0.241 e. The van der Waals surface area contributed by atoms with Crippen molar-refractivity contribution in [2.24, 2.45) is 5.73 Å². The topological polar surface area (TPSA) is 75.9 Å². The number of primary amides is 1. The molecule has 1 atom stereocenters. The van der Waals surface area contributed by atoms with Gasteiger partial charge >= 0.3 is 0 Å². The molecule has 0 aromatic heterocycles. The minimum Gasteiger partial charge on any atom is -0.495 e. The lowest BCUT2D eigenvalue weighted by Crippen LogP contribution is -2.43. The van der Waals surface area contributed by atoms with Gasteiger partial charge in [-0.25, -0.2) is 0 Å². The van der Waals surface area contributed by atoms with Crippen molar-refractivity contribution in [1.82, 2.24) is 4.90 Å². The van der Waals surface area contributed by atoms with Crippen molar-refractivity contribution in [3.05, 3.63) is 60.2 Å². The number of nitrogens with two attached hydrogens (primary N) is 1. The van der Waals surface area contributed by atoms with Gasteiger partial charge in [0.25, 0.3) is 0 Å². The number of nitrogens with zero attached hydrogens (tertiary/aromatic N) is 2. The van der Waals surface area contributed by atoms with Gasteiger partial charge in [0.15, 0.2) is 0 Å². The van der Waals surface area contributed by atoms with Crippen LogP contribution < -0.4 is 15.4 Å². The second-order valence-electron chi connectivity index (χ2n) is 7.72. The Morgan fingerprint density at radius 3 is 2.60 bits per heavy atom. The molecule has 2 aromatic carbocycles. The van der Waals surface area contributed by atoms with E-state index in [1.54, 1.807) is 12.0 Å². The Balaban J connectivity index is 1.68. The van der Waals surface area contributed by atoms with E-state index in [-0.39, 0.29) is 18.9 Å². The fraction of sp³-hybridized carbons (Fsp3) is 0.417. The molecule has 160 valence electrons. The first-order valence-corrected chi connectivity index (χ1v) is 10.6. The molecule has 6 heteroatoms. The predicted octanol–water partition coefficient (Wildman–Crippen LogP) is 3.00. The van der Waals surface area contributed by atoms with Gasteiger partial charge in [0.1, 0.15) is 5.75 Å². The standard InChI is InChI=1S/C24H31N3O3/c1-30-22-12-6-5-11-21(22)27(17-15-23(25)28)24(29)18-26-16-7-10-20(26)14-13-19-8-3-2-4-9-19/h2-6,8-9,11-12,20H,7,10,13-18H2,1H3,(H2,25,28). The van der Waals surface area contributed by atoms with E-state index in [2.05, 4.69) is 29.2 Å². The van der Waals surface area contributed by atoms with Crippen molar-refractivity contribution in [2.45, 2.75) is 38.1 Å². The largest absolute Gasteiger partial charge is 0.495 e. The Morgan fingerprint density at radius 1 is 1.13 bits per heavy atom. The van der Waals surface area contributed by atoms with Gasteiger partial charge in [0, 0.05) is 19.0 Å². The maximum atomic E-state index is 13.3. The fourth-order valence-corrected chi connectivity index (χ4v) is 4.12. The second-order valence-corrected chi connectivity index (χ2v) is 7.72. The molecule has 0 bridgehead atoms. The Hall–Kier alpha value is -2.86. The minimum atomic E-state index is -0.426. The van der Waals surface area contributed by atoms with E-state index in [1.165, 1.54) is 5.56 Å². The first-order valence-electron chi connectivity index (χ1n) is 10.6. The van der Waals surface area contributed by atoms with Gasteiger partial charge < -0.3 is 15.4 Å². The molecule has 2 amide bonds. The lowest BCUT2D eigenvalue weighted by atomic mass is 10.0. The lowest BCUT2D eigenvalue weighted by molar-refractivity contribution is -0.120. The minimum absolute atomic E-state index is 0.0349. The number of anilines is 1. The number of carbonyl (C=O) groups is 2. The quantitative estimate of drug-likeness (QED) is 0.655. The van der Waals surface area contributed by atoms with E-state index >= 15 is 0 Å². The molecule has 3 rings (SSSR count). The molecule has 1 aliphatic heterocycles. The number of likely N-dealkylation sites (tertiary alicyclic amines) is 1. The number of rotatable bonds is 10. The van der Waals surface area contributed by atoms with Crippen molar-refractivity contribution >= 4 is 17.5 Å². The molecule has 0 spiro atoms. The van der Waals surface area contributed by atoms with E-state index in [0.29, 0.717) is 24.0 Å². The number of aryl methyl sites for hydroxylation is 1. The number of benzene rings is 2. The Morgan fingerprint density at radius 2 is 1.87 bits per heavy atom. The smallest absolute Gasteiger partial charge is 0.241 e. The first-order chi connectivity index (χ1) is 14.6. The maximum absolute atomic E-state index is 13.3. The number of hydrogen-bond acceptors (Lipinski definition) is 4. The molecule has 2 N–H and O–H groups in total. The molecular weight excluding hydrogens is 378 g/mol. The molecule has 0 aliphatic carbocycles. The van der Waals surface area contributed by atoms with E-state index < -0.39 is 5.91 Å². The average Bonchev–Trinajstić information content (AvgIpc) is 3.20. The van der Waals surface area contributed by atoms with Gasteiger partial charge in [-0.15, -0.1) is 0 Å². The summed E-state index contributed by atoms with van der Waals surface area (Å²) in [5, 5.41) is 0. The Bertz CT molecular complexity index is 841. The lowest BCUT2D eigenvalue weighted by Gasteiger charge is -2.29. The summed E-state index contributed by atoms with van der Waals surface area (Å²) >= 11 is 0. The van der Waals surface area contributed by atoms with Crippen LogP contribution in [-0.2, 0) is 16.0 Å². The molecule has 1 saturated heterocycles. The second kappa shape index (κ2) is 10.8. The summed E-state index contributed by atoms with van der Waals surface area (Å²) in [4.78, 5) is 28.6. The molecule has 0 saturated carbocycles. The number of para-hydroxylation sites is 2. The van der Waals surface area contributed by atoms with Gasteiger partial charge in [-0.05, 0) is 49.9 Å². The van der Waals surface area contributed by atoms with Crippen LogP contribution in [0.4, 0.5) is 5.69 Å². The zero-order valence-electron chi connectivity index (χ0n) is 17.6. The zero-order valence-corrected chi connectivity index (χ0v) is 17.6. The van der Waals surface area contributed by atoms with E-state index in [9.17, 15) is 9.59 Å². The summed E-state index contributed by atoms with van der Waals surface area (Å²) in [6, 6.07) is 18.2. The van der Waals surface area contributed by atoms with Gasteiger partial charge in [-0.3, -0.25) is 14.5 Å². The number of ether oxygens (including phenoxy) is 1. The van der Waals surface area contributed by atoms with Crippen LogP contribution in [0, 0.1) is 0 Å². The summed E-state index contributed by atoms with van der Waals surface area (Å²) in [7, 11) is 1.58. The van der Waals surface area contributed by atoms with Crippen LogP contribution in [0.3, 0.4) is 0 Å². The van der Waals surface area contributed by atoms with Gasteiger partial charge in [-0.2, -0.15) is 0 Å². The number of methoxy groups -OCH3 is 1. The fourth-order valence-electron chi connectivity index (χ4n) is 4.12. The molecule has 1 heterocycles. The summed E-state index contributed by atoms with van der Waals surface area (Å²) < 4.78 is 5.44. The summed E-state index contributed by atoms with van der Waals surface area (Å²) in [5.74, 6) is 0.148. The van der Waals surface area contributed by atoms with E-state index in [0.717, 1.165) is 32.2 Å². The molecule has 6 nitrogen and oxygen atoms in total. The normalized spacial score (nSPS) is 16.4. The van der Waals surface area contributed by atoms with E-state index in [1.807, 2.05) is 30.3 Å². The molecule has 2 aromatic rings. The van der Waals surface area contributed by atoms with Crippen molar-refractivity contribution in [3.63, 3.8) is 0 Å². The van der Waals surface area contributed by atoms with Crippen LogP contribution in [0.2, 0.25) is 0 Å². The zero-order chi connectivity index (χ0) is 21.3. The van der Waals surface area contributed by atoms with Crippen LogP contribution in [-0.4, -0.2) is 49.5 Å². The molecule has 0 radical (unpaired) electrons. The number of carbonyl (C=O) groups excluding carboxylic acids is 2. The predicted molar refractivity (Wildman–Crippen MR) is 119 cm³/mol. The molecule has 1 unspecified atom stereocenters. The van der Waals surface area contributed by atoms with Gasteiger partial charge in [0.05, 0.1) is 19.3 Å². The van der Waals surface area contributed by atoms with Gasteiger partial charge in [-0.1, -0.05) is 42.5 Å². The number of amides is 2. The third-order valence-corrected chi connectivity index (χ3v) is 5.71. The first kappa shape index (κ1) is 21.8. The monoisotopic (exact) mass is 409 g/mol. The molecule has 1 fully saturated rings. The highest BCUT2D eigenvalue weighted by Crippen LogP contribution is 2.29. The van der Waals surface area contributed by atoms with Crippen LogP contribution in [0.5, 0.6) is 5.75 Å². The van der Waals surface area contributed by atoms with Crippen LogP contribution in [0.15, 0.2) is 54.6 Å². The van der Waals surface area contributed by atoms with Crippen molar-refractivity contribution < 1.29 is 14.3 Å². The van der Waals surface area contributed by atoms with Crippen molar-refractivity contribution in [3.8, 4) is 5.75 Å². The summed E-state index contributed by atoms with van der Waals surface area (Å²) in [6.07, 6.45) is 4.36. The third-order valence-electron chi connectivity index (χ3n) is 5.71. The van der Waals surface area contributed by atoms with E-state index in [4.69, 9.17) is 10.5 Å². The third kappa shape index (κ3) is 5.83. The highest BCUT2D eigenvalue weighted by atomic mass is 16.5. The SMILES string of the molecule is COc1ccccc1N(CCC(N)=O)C(=O)CN1CCCC1CCc1ccccc1.